The zero-order chi connectivity index (χ0) is 15.2. The summed E-state index contributed by atoms with van der Waals surface area (Å²) in [6, 6.07) is 10.3. The number of nitrogens with zero attached hydrogens (tertiary/aromatic N) is 1. The molecule has 0 fully saturated rings. The van der Waals surface area contributed by atoms with Crippen molar-refractivity contribution in [1.82, 2.24) is 0 Å². The normalized spacial score (nSPS) is 10.2. The molecule has 5 heteroatoms. The van der Waals surface area contributed by atoms with Gasteiger partial charge in [0, 0.05) is 12.2 Å². The zero-order valence-corrected chi connectivity index (χ0v) is 11.4. The van der Waals surface area contributed by atoms with E-state index in [0.29, 0.717) is 29.0 Å². The van der Waals surface area contributed by atoms with Gasteiger partial charge in [-0.15, -0.1) is 0 Å². The highest BCUT2D eigenvalue weighted by molar-refractivity contribution is 5.72. The van der Waals surface area contributed by atoms with E-state index in [9.17, 15) is 8.78 Å². The monoisotopic (exact) mass is 289 g/mol. The first-order valence-corrected chi connectivity index (χ1v) is 6.35. The maximum atomic E-state index is 13.4. The number of benzene rings is 2. The molecule has 2 aromatic carbocycles. The molecule has 0 unspecified atom stereocenters. The molecule has 0 amide bonds. The molecule has 3 nitrogen and oxygen atoms in total. The summed E-state index contributed by atoms with van der Waals surface area (Å²) in [5.41, 5.74) is 1.34. The van der Waals surface area contributed by atoms with Crippen molar-refractivity contribution in [3.8, 4) is 22.9 Å². The maximum Gasteiger partial charge on any atom is 0.189 e. The highest BCUT2D eigenvalue weighted by Gasteiger charge is 2.11. The van der Waals surface area contributed by atoms with Crippen LogP contribution in [0.5, 0.6) is 5.75 Å². The highest BCUT2D eigenvalue weighted by atomic mass is 19.2. The van der Waals surface area contributed by atoms with E-state index in [1.807, 2.05) is 13.0 Å². The molecule has 0 aliphatic carbocycles. The quantitative estimate of drug-likeness (QED) is 0.619. The largest absolute Gasteiger partial charge is 0.467 e. The van der Waals surface area contributed by atoms with E-state index < -0.39 is 11.6 Å². The highest BCUT2D eigenvalue weighted by Crippen LogP contribution is 2.32. The molecule has 108 valence electrons. The first-order chi connectivity index (χ1) is 10.2. The van der Waals surface area contributed by atoms with Gasteiger partial charge in [-0.2, -0.15) is 5.26 Å². The Bertz CT molecular complexity index is 680. The summed E-state index contributed by atoms with van der Waals surface area (Å²) in [5, 5.41) is 8.96. The van der Waals surface area contributed by atoms with Crippen LogP contribution >= 0.6 is 0 Å². The summed E-state index contributed by atoms with van der Waals surface area (Å²) in [6.07, 6.45) is 0. The molecule has 0 aliphatic rings. The van der Waals surface area contributed by atoms with Gasteiger partial charge in [0.1, 0.15) is 5.75 Å². The number of hydrogen-bond donors (Lipinski definition) is 0. The lowest BCUT2D eigenvalue weighted by atomic mass is 10.0. The van der Waals surface area contributed by atoms with Crippen LogP contribution in [0.3, 0.4) is 0 Å². The fourth-order valence-electron chi connectivity index (χ4n) is 1.80. The molecule has 0 atom stereocenters. The van der Waals surface area contributed by atoms with Gasteiger partial charge in [-0.3, -0.25) is 0 Å². The SMILES string of the molecule is CCOCOc1ccc(C#N)cc1-c1ccc(F)c(F)c1. The van der Waals surface area contributed by atoms with Crippen molar-refractivity contribution in [2.45, 2.75) is 6.92 Å². The smallest absolute Gasteiger partial charge is 0.189 e. The number of ether oxygens (including phenoxy) is 2. The van der Waals surface area contributed by atoms with Crippen molar-refractivity contribution in [2.75, 3.05) is 13.4 Å². The Labute approximate surface area is 121 Å². The molecule has 0 saturated carbocycles. The number of rotatable bonds is 5. The molecule has 0 bridgehead atoms. The molecule has 0 aliphatic heterocycles. The summed E-state index contributed by atoms with van der Waals surface area (Å²) in [6.45, 7) is 2.37. The fourth-order valence-corrected chi connectivity index (χ4v) is 1.80. The summed E-state index contributed by atoms with van der Waals surface area (Å²) in [5.74, 6) is -1.44. The van der Waals surface area contributed by atoms with Gasteiger partial charge in [0.25, 0.3) is 0 Å². The topological polar surface area (TPSA) is 42.2 Å². The zero-order valence-electron chi connectivity index (χ0n) is 11.4. The van der Waals surface area contributed by atoms with Gasteiger partial charge in [-0.25, -0.2) is 8.78 Å². The standard InChI is InChI=1S/C16H13F2NO2/c1-2-20-10-21-16-6-3-11(9-19)7-13(16)12-4-5-14(17)15(18)8-12/h3-8H,2,10H2,1H3. The van der Waals surface area contributed by atoms with Crippen LogP contribution in [0.25, 0.3) is 11.1 Å². The van der Waals surface area contributed by atoms with Crippen molar-refractivity contribution in [3.05, 3.63) is 53.6 Å². The second kappa shape index (κ2) is 6.82. The Kier molecular flexibility index (Phi) is 4.85. The third-order valence-electron chi connectivity index (χ3n) is 2.84. The number of hydrogen-bond acceptors (Lipinski definition) is 3. The molecule has 0 N–H and O–H groups in total. The molecule has 0 spiro atoms. The first kappa shape index (κ1) is 14.9. The van der Waals surface area contributed by atoms with Gasteiger partial charge in [-0.1, -0.05) is 6.07 Å². The Balaban J connectivity index is 2.43. The minimum absolute atomic E-state index is 0.0408. The van der Waals surface area contributed by atoms with Crippen molar-refractivity contribution in [2.24, 2.45) is 0 Å². The van der Waals surface area contributed by atoms with E-state index in [-0.39, 0.29) is 6.79 Å². The van der Waals surface area contributed by atoms with E-state index in [1.165, 1.54) is 6.07 Å². The van der Waals surface area contributed by atoms with Crippen LogP contribution in [0.4, 0.5) is 8.78 Å². The predicted molar refractivity (Wildman–Crippen MR) is 73.6 cm³/mol. The van der Waals surface area contributed by atoms with Crippen LogP contribution in [0, 0.1) is 23.0 Å². The lowest BCUT2D eigenvalue weighted by Crippen LogP contribution is -2.03. The van der Waals surface area contributed by atoms with Crippen molar-refractivity contribution in [1.29, 1.82) is 5.26 Å². The van der Waals surface area contributed by atoms with Crippen LogP contribution in [-0.4, -0.2) is 13.4 Å². The molecular weight excluding hydrogens is 276 g/mol. The Morgan fingerprint density at radius 3 is 2.57 bits per heavy atom. The van der Waals surface area contributed by atoms with Crippen molar-refractivity contribution < 1.29 is 18.3 Å². The lowest BCUT2D eigenvalue weighted by molar-refractivity contribution is 0.0227. The van der Waals surface area contributed by atoms with E-state index in [2.05, 4.69) is 0 Å². The van der Waals surface area contributed by atoms with E-state index in [1.54, 1.807) is 18.2 Å². The summed E-state index contributed by atoms with van der Waals surface area (Å²) in [7, 11) is 0. The molecule has 21 heavy (non-hydrogen) atoms. The van der Waals surface area contributed by atoms with Crippen LogP contribution in [0.2, 0.25) is 0 Å². The Morgan fingerprint density at radius 1 is 1.10 bits per heavy atom. The summed E-state index contributed by atoms with van der Waals surface area (Å²) >= 11 is 0. The fraction of sp³-hybridized carbons (Fsp3) is 0.188. The summed E-state index contributed by atoms with van der Waals surface area (Å²) in [4.78, 5) is 0. The van der Waals surface area contributed by atoms with Crippen molar-refractivity contribution in [3.63, 3.8) is 0 Å². The van der Waals surface area contributed by atoms with Gasteiger partial charge in [0.2, 0.25) is 0 Å². The Morgan fingerprint density at radius 2 is 1.90 bits per heavy atom. The van der Waals surface area contributed by atoms with Crippen LogP contribution in [-0.2, 0) is 4.74 Å². The molecule has 0 heterocycles. The van der Waals surface area contributed by atoms with Crippen molar-refractivity contribution >= 4 is 0 Å². The van der Waals surface area contributed by atoms with Gasteiger partial charge < -0.3 is 9.47 Å². The van der Waals surface area contributed by atoms with Crippen LogP contribution in [0.1, 0.15) is 12.5 Å². The van der Waals surface area contributed by atoms with Gasteiger partial charge in [0.15, 0.2) is 18.4 Å². The van der Waals surface area contributed by atoms with E-state index in [4.69, 9.17) is 14.7 Å². The van der Waals surface area contributed by atoms with Gasteiger partial charge >= 0.3 is 0 Å². The molecule has 2 rings (SSSR count). The average molecular weight is 289 g/mol. The molecular formula is C16H13F2NO2. The Hall–Kier alpha value is -2.45. The second-order valence-electron chi connectivity index (χ2n) is 4.21. The minimum atomic E-state index is -0.953. The number of nitriles is 1. The second-order valence-corrected chi connectivity index (χ2v) is 4.21. The molecule has 0 radical (unpaired) electrons. The number of halogens is 2. The minimum Gasteiger partial charge on any atom is -0.467 e. The summed E-state index contributed by atoms with van der Waals surface area (Å²) < 4.78 is 37.0. The first-order valence-electron chi connectivity index (χ1n) is 6.35. The van der Waals surface area contributed by atoms with Crippen LogP contribution in [0.15, 0.2) is 36.4 Å². The molecule has 0 aromatic heterocycles. The third-order valence-corrected chi connectivity index (χ3v) is 2.84. The van der Waals surface area contributed by atoms with E-state index in [0.717, 1.165) is 12.1 Å². The third kappa shape index (κ3) is 3.56. The molecule has 0 saturated heterocycles. The lowest BCUT2D eigenvalue weighted by Gasteiger charge is -2.12. The van der Waals surface area contributed by atoms with Gasteiger partial charge in [0.05, 0.1) is 11.6 Å². The average Bonchev–Trinajstić information content (AvgIpc) is 2.50. The van der Waals surface area contributed by atoms with E-state index >= 15 is 0 Å². The predicted octanol–water partition coefficient (Wildman–Crippen LogP) is 3.88. The molecule has 2 aromatic rings. The maximum absolute atomic E-state index is 13.4. The van der Waals surface area contributed by atoms with Crippen LogP contribution < -0.4 is 4.74 Å². The van der Waals surface area contributed by atoms with Gasteiger partial charge in [-0.05, 0) is 42.8 Å².